The van der Waals surface area contributed by atoms with Gasteiger partial charge in [-0.2, -0.15) is 0 Å². The van der Waals surface area contributed by atoms with Crippen molar-refractivity contribution >= 4 is 23.2 Å². The highest BCUT2D eigenvalue weighted by Crippen LogP contribution is 2.43. The number of amides is 2. The minimum Gasteiger partial charge on any atom is -0.359 e. The zero-order valence-electron chi connectivity index (χ0n) is 14.7. The van der Waals surface area contributed by atoms with Crippen LogP contribution in [0.25, 0.3) is 0 Å². The zero-order valence-corrected chi connectivity index (χ0v) is 14.7. The number of hydrogen-bond acceptors (Lipinski definition) is 3. The molecule has 136 valence electrons. The van der Waals surface area contributed by atoms with Gasteiger partial charge in [0.2, 0.25) is 5.91 Å². The molecule has 2 amide bonds. The van der Waals surface area contributed by atoms with Crippen LogP contribution in [-0.4, -0.2) is 18.9 Å². The molecule has 1 aliphatic heterocycles. The fourth-order valence-electron chi connectivity index (χ4n) is 3.13. The maximum absolute atomic E-state index is 14.5. The molecule has 0 fully saturated rings. The number of aryl methyl sites for hydroxylation is 2. The number of fused-ring (bicyclic) bond motifs is 1. The van der Waals surface area contributed by atoms with E-state index in [1.54, 1.807) is 26.0 Å². The van der Waals surface area contributed by atoms with Crippen LogP contribution in [-0.2, 0) is 9.59 Å². The van der Waals surface area contributed by atoms with E-state index in [0.29, 0.717) is 16.9 Å². The highest BCUT2D eigenvalue weighted by Gasteiger charge is 2.42. The normalized spacial score (nSPS) is 15.8. The highest BCUT2D eigenvalue weighted by atomic mass is 19.1. The second-order valence-corrected chi connectivity index (χ2v) is 6.30. The second kappa shape index (κ2) is 6.74. The molecule has 1 unspecified atom stereocenters. The molecule has 2 aromatic carbocycles. The van der Waals surface area contributed by atoms with E-state index in [1.165, 1.54) is 30.3 Å². The number of rotatable bonds is 4. The Bertz CT molecular complexity index is 899. The number of hydrazine groups is 1. The summed E-state index contributed by atoms with van der Waals surface area (Å²) in [6.45, 7) is 3.52. The molecule has 0 spiro atoms. The number of benzene rings is 2. The molecule has 0 aromatic heterocycles. The third-order valence-corrected chi connectivity index (χ3v) is 4.56. The predicted molar refractivity (Wildman–Crippen MR) is 94.8 cm³/mol. The lowest BCUT2D eigenvalue weighted by atomic mass is 9.95. The fraction of sp³-hybridized carbons (Fsp3) is 0.263. The molecule has 5 nitrogen and oxygen atoms in total. The average Bonchev–Trinajstić information content (AvgIpc) is 2.88. The Kier molecular flexibility index (Phi) is 4.63. The summed E-state index contributed by atoms with van der Waals surface area (Å²) in [5, 5.41) is 3.67. The van der Waals surface area contributed by atoms with Crippen LogP contribution in [0.2, 0.25) is 0 Å². The molecule has 3 rings (SSSR count). The molecule has 1 heterocycles. The Morgan fingerprint density at radius 2 is 1.85 bits per heavy atom. The van der Waals surface area contributed by atoms with E-state index >= 15 is 0 Å². The quantitative estimate of drug-likeness (QED) is 0.881. The summed E-state index contributed by atoms with van der Waals surface area (Å²) in [5.74, 6) is -2.76. The molecule has 1 atom stereocenters. The first-order chi connectivity index (χ1) is 12.3. The average molecular weight is 359 g/mol. The van der Waals surface area contributed by atoms with Crippen molar-refractivity contribution in [2.45, 2.75) is 26.2 Å². The van der Waals surface area contributed by atoms with E-state index in [4.69, 9.17) is 0 Å². The van der Waals surface area contributed by atoms with Crippen LogP contribution in [0, 0.1) is 25.5 Å². The molecular formula is C19H19F2N3O2. The number of nitrogens with zero attached hydrogens (tertiary/aromatic N) is 1. The summed E-state index contributed by atoms with van der Waals surface area (Å²) in [7, 11) is 1.46. The van der Waals surface area contributed by atoms with Crippen LogP contribution in [0.4, 0.5) is 20.2 Å². The molecule has 0 bridgehead atoms. The van der Waals surface area contributed by atoms with Gasteiger partial charge >= 0.3 is 0 Å². The van der Waals surface area contributed by atoms with Crippen LogP contribution in [0.1, 0.15) is 29.0 Å². The van der Waals surface area contributed by atoms with Gasteiger partial charge in [-0.1, -0.05) is 12.1 Å². The van der Waals surface area contributed by atoms with E-state index in [0.717, 1.165) is 5.56 Å². The molecular weight excluding hydrogens is 340 g/mol. The summed E-state index contributed by atoms with van der Waals surface area (Å²) in [6, 6.07) is 7.02. The van der Waals surface area contributed by atoms with Crippen LogP contribution in [0.15, 0.2) is 30.3 Å². The minimum absolute atomic E-state index is 0.164. The Morgan fingerprint density at radius 3 is 2.54 bits per heavy atom. The van der Waals surface area contributed by atoms with Gasteiger partial charge in [0, 0.05) is 19.0 Å². The van der Waals surface area contributed by atoms with Crippen LogP contribution >= 0.6 is 0 Å². The summed E-state index contributed by atoms with van der Waals surface area (Å²) in [5.41, 5.74) is 5.24. The summed E-state index contributed by atoms with van der Waals surface area (Å²) in [6.07, 6.45) is -0.164. The van der Waals surface area contributed by atoms with E-state index in [-0.39, 0.29) is 17.9 Å². The second-order valence-electron chi connectivity index (χ2n) is 6.30. The van der Waals surface area contributed by atoms with Gasteiger partial charge in [-0.05, 0) is 43.2 Å². The van der Waals surface area contributed by atoms with Crippen molar-refractivity contribution in [1.29, 1.82) is 0 Å². The van der Waals surface area contributed by atoms with Crippen LogP contribution < -0.4 is 15.8 Å². The zero-order chi connectivity index (χ0) is 19.0. The third kappa shape index (κ3) is 3.00. The first-order valence-electron chi connectivity index (χ1n) is 8.19. The standard InChI is InChI=1S/C19H19F2N3O2/c1-10-4-6-12(20)8-15(10)23-24-18-11(2)5-7-14(21)17(18)13(19(24)26)9-16(25)22-3/h4-8,13,23H,9H2,1-3H3,(H,22,25). The molecule has 2 N–H and O–H groups in total. The van der Waals surface area contributed by atoms with Crippen molar-refractivity contribution in [3.05, 3.63) is 58.7 Å². The lowest BCUT2D eigenvalue weighted by Gasteiger charge is -2.23. The largest absolute Gasteiger partial charge is 0.359 e. The number of carbonyl (C=O) groups is 2. The number of hydrogen-bond donors (Lipinski definition) is 2. The SMILES string of the molecule is CNC(=O)CC1C(=O)N(Nc2cc(F)ccc2C)c2c(C)ccc(F)c21. The van der Waals surface area contributed by atoms with Gasteiger partial charge in [-0.15, -0.1) is 0 Å². The van der Waals surface area contributed by atoms with Crippen LogP contribution in [0.5, 0.6) is 0 Å². The number of anilines is 2. The molecule has 26 heavy (non-hydrogen) atoms. The summed E-state index contributed by atoms with van der Waals surface area (Å²) >= 11 is 0. The lowest BCUT2D eigenvalue weighted by molar-refractivity contribution is -0.125. The Morgan fingerprint density at radius 1 is 1.15 bits per heavy atom. The maximum Gasteiger partial charge on any atom is 0.253 e. The van der Waals surface area contributed by atoms with Crippen molar-refractivity contribution in [2.75, 3.05) is 17.5 Å². The predicted octanol–water partition coefficient (Wildman–Crippen LogP) is 3.18. The summed E-state index contributed by atoms with van der Waals surface area (Å²) < 4.78 is 28.1. The monoisotopic (exact) mass is 359 g/mol. The molecule has 0 aliphatic carbocycles. The Balaban J connectivity index is 2.07. The molecule has 0 saturated heterocycles. The molecule has 0 radical (unpaired) electrons. The third-order valence-electron chi connectivity index (χ3n) is 4.56. The smallest absolute Gasteiger partial charge is 0.253 e. The van der Waals surface area contributed by atoms with Gasteiger partial charge < -0.3 is 5.32 Å². The van der Waals surface area contributed by atoms with E-state index in [2.05, 4.69) is 10.7 Å². The number of carbonyl (C=O) groups excluding carboxylic acids is 2. The van der Waals surface area contributed by atoms with Crippen molar-refractivity contribution in [3.8, 4) is 0 Å². The van der Waals surface area contributed by atoms with E-state index in [9.17, 15) is 18.4 Å². The molecule has 7 heteroatoms. The minimum atomic E-state index is -0.939. The van der Waals surface area contributed by atoms with Gasteiger partial charge in [0.25, 0.3) is 5.91 Å². The molecule has 1 aliphatic rings. The number of nitrogens with one attached hydrogen (secondary N) is 2. The van der Waals surface area contributed by atoms with E-state index in [1.807, 2.05) is 0 Å². The highest BCUT2D eigenvalue weighted by molar-refractivity contribution is 6.08. The maximum atomic E-state index is 14.5. The van der Waals surface area contributed by atoms with Crippen LogP contribution in [0.3, 0.4) is 0 Å². The Hall–Kier alpha value is -2.96. The van der Waals surface area contributed by atoms with Gasteiger partial charge in [0.05, 0.1) is 17.3 Å². The summed E-state index contributed by atoms with van der Waals surface area (Å²) in [4.78, 5) is 24.8. The number of halogens is 2. The van der Waals surface area contributed by atoms with Crippen molar-refractivity contribution in [2.24, 2.45) is 0 Å². The van der Waals surface area contributed by atoms with Gasteiger partial charge in [0.15, 0.2) is 0 Å². The van der Waals surface area contributed by atoms with Crippen molar-refractivity contribution in [1.82, 2.24) is 5.32 Å². The van der Waals surface area contributed by atoms with Gasteiger partial charge in [0.1, 0.15) is 11.6 Å². The molecule has 2 aromatic rings. The van der Waals surface area contributed by atoms with Gasteiger partial charge in [-0.25, -0.2) is 13.8 Å². The Labute approximate surface area is 150 Å². The van der Waals surface area contributed by atoms with Crippen molar-refractivity contribution < 1.29 is 18.4 Å². The lowest BCUT2D eigenvalue weighted by Crippen LogP contribution is -2.36. The topological polar surface area (TPSA) is 61.4 Å². The van der Waals surface area contributed by atoms with Gasteiger partial charge in [-0.3, -0.25) is 15.0 Å². The first-order valence-corrected chi connectivity index (χ1v) is 8.19. The molecule has 0 saturated carbocycles. The van der Waals surface area contributed by atoms with Crippen molar-refractivity contribution in [3.63, 3.8) is 0 Å². The fourth-order valence-corrected chi connectivity index (χ4v) is 3.13. The van der Waals surface area contributed by atoms with E-state index < -0.39 is 23.5 Å². The first kappa shape index (κ1) is 17.8.